The Kier molecular flexibility index (Phi) is 5.14. The second kappa shape index (κ2) is 6.88. The van der Waals surface area contributed by atoms with Gasteiger partial charge in [0.05, 0.1) is 4.88 Å². The van der Waals surface area contributed by atoms with Crippen molar-refractivity contribution in [2.75, 3.05) is 6.54 Å². The first kappa shape index (κ1) is 16.4. The summed E-state index contributed by atoms with van der Waals surface area (Å²) in [5.74, 6) is 0.0598. The summed E-state index contributed by atoms with van der Waals surface area (Å²) < 4.78 is 0. The van der Waals surface area contributed by atoms with E-state index in [1.165, 1.54) is 16.9 Å². The molecule has 0 spiro atoms. The highest BCUT2D eigenvalue weighted by Gasteiger charge is 2.12. The molecule has 0 saturated heterocycles. The zero-order chi connectivity index (χ0) is 16.3. The molecule has 2 rings (SSSR count). The zero-order valence-electron chi connectivity index (χ0n) is 13.4. The number of nitrogens with one attached hydrogen (secondary N) is 1. The van der Waals surface area contributed by atoms with Crippen molar-refractivity contribution >= 4 is 23.0 Å². The minimum Gasteiger partial charge on any atom is -0.352 e. The first-order valence-electron chi connectivity index (χ1n) is 7.34. The van der Waals surface area contributed by atoms with Gasteiger partial charge in [0.2, 0.25) is 0 Å². The summed E-state index contributed by atoms with van der Waals surface area (Å²) in [6, 6.07) is 7.86. The van der Waals surface area contributed by atoms with E-state index in [0.717, 1.165) is 32.9 Å². The fourth-order valence-electron chi connectivity index (χ4n) is 2.63. The number of Topliss-reactive ketones (excluding diaryl/α,β-unsaturated/α-hetero) is 1. The molecule has 2 aromatic rings. The number of thiophene rings is 1. The van der Waals surface area contributed by atoms with Gasteiger partial charge in [-0.2, -0.15) is 0 Å². The SMILES string of the molecule is CC(=O)c1ccc(CCNC(=O)c2c(C)cc(C)cc2C)s1. The standard InChI is InChI=1S/C18H21NO2S/c1-11-9-12(2)17(13(3)10-11)18(21)19-8-7-15-5-6-16(22-15)14(4)20/h5-6,9-10H,7-8H2,1-4H3,(H,19,21). The van der Waals surface area contributed by atoms with E-state index in [4.69, 9.17) is 0 Å². The lowest BCUT2D eigenvalue weighted by Crippen LogP contribution is -2.27. The molecule has 0 saturated carbocycles. The Labute approximate surface area is 135 Å². The van der Waals surface area contributed by atoms with E-state index in [0.29, 0.717) is 6.54 Å². The van der Waals surface area contributed by atoms with Gasteiger partial charge in [-0.15, -0.1) is 11.3 Å². The molecule has 116 valence electrons. The monoisotopic (exact) mass is 315 g/mol. The molecule has 1 aromatic heterocycles. The van der Waals surface area contributed by atoms with Crippen LogP contribution in [0.2, 0.25) is 0 Å². The fraction of sp³-hybridized carbons (Fsp3) is 0.333. The van der Waals surface area contributed by atoms with Gasteiger partial charge in [-0.3, -0.25) is 9.59 Å². The second-order valence-corrected chi connectivity index (χ2v) is 6.77. The number of hydrogen-bond donors (Lipinski definition) is 1. The van der Waals surface area contributed by atoms with Crippen molar-refractivity contribution < 1.29 is 9.59 Å². The lowest BCUT2D eigenvalue weighted by atomic mass is 9.99. The maximum Gasteiger partial charge on any atom is 0.251 e. The number of carbonyl (C=O) groups excluding carboxylic acids is 2. The highest BCUT2D eigenvalue weighted by Crippen LogP contribution is 2.18. The Balaban J connectivity index is 1.97. The number of benzene rings is 1. The molecule has 0 aliphatic carbocycles. The van der Waals surface area contributed by atoms with Crippen molar-refractivity contribution in [2.45, 2.75) is 34.1 Å². The lowest BCUT2D eigenvalue weighted by Gasteiger charge is -2.11. The minimum atomic E-state index is -0.0293. The fourth-order valence-corrected chi connectivity index (χ4v) is 3.53. The highest BCUT2D eigenvalue weighted by atomic mass is 32.1. The molecule has 0 aliphatic heterocycles. The van der Waals surface area contributed by atoms with Crippen LogP contribution >= 0.6 is 11.3 Å². The van der Waals surface area contributed by atoms with Crippen LogP contribution in [-0.4, -0.2) is 18.2 Å². The molecule has 0 aliphatic rings. The van der Waals surface area contributed by atoms with Crippen LogP contribution in [0.3, 0.4) is 0 Å². The van der Waals surface area contributed by atoms with Gasteiger partial charge in [-0.25, -0.2) is 0 Å². The van der Waals surface area contributed by atoms with E-state index in [1.54, 1.807) is 6.92 Å². The molecule has 3 nitrogen and oxygen atoms in total. The molecular weight excluding hydrogens is 294 g/mol. The number of amides is 1. The van der Waals surface area contributed by atoms with Crippen LogP contribution in [0.5, 0.6) is 0 Å². The normalized spacial score (nSPS) is 10.5. The van der Waals surface area contributed by atoms with Gasteiger partial charge in [-0.1, -0.05) is 17.7 Å². The zero-order valence-corrected chi connectivity index (χ0v) is 14.3. The van der Waals surface area contributed by atoms with Gasteiger partial charge in [0.25, 0.3) is 5.91 Å². The van der Waals surface area contributed by atoms with Crippen LogP contribution in [0.15, 0.2) is 24.3 Å². The average molecular weight is 315 g/mol. The number of carbonyl (C=O) groups is 2. The quantitative estimate of drug-likeness (QED) is 0.852. The van der Waals surface area contributed by atoms with Gasteiger partial charge in [0.1, 0.15) is 0 Å². The lowest BCUT2D eigenvalue weighted by molar-refractivity contribution is 0.0952. The molecule has 0 atom stereocenters. The Morgan fingerprint density at radius 2 is 1.73 bits per heavy atom. The Morgan fingerprint density at radius 1 is 1.09 bits per heavy atom. The van der Waals surface area contributed by atoms with Crippen LogP contribution in [-0.2, 0) is 6.42 Å². The summed E-state index contributed by atoms with van der Waals surface area (Å²) in [6.07, 6.45) is 0.744. The van der Waals surface area contributed by atoms with E-state index in [9.17, 15) is 9.59 Å². The molecule has 1 amide bonds. The van der Waals surface area contributed by atoms with E-state index in [2.05, 4.69) is 5.32 Å². The first-order valence-corrected chi connectivity index (χ1v) is 8.16. The third-order valence-electron chi connectivity index (χ3n) is 3.57. The summed E-state index contributed by atoms with van der Waals surface area (Å²) in [4.78, 5) is 25.5. The van der Waals surface area contributed by atoms with Crippen LogP contribution in [0, 0.1) is 20.8 Å². The number of ketones is 1. The second-order valence-electron chi connectivity index (χ2n) is 5.60. The predicted molar refractivity (Wildman–Crippen MR) is 91.0 cm³/mol. The van der Waals surface area contributed by atoms with Crippen molar-refractivity contribution in [3.05, 3.63) is 56.3 Å². The Morgan fingerprint density at radius 3 is 2.27 bits per heavy atom. The van der Waals surface area contributed by atoms with Crippen molar-refractivity contribution in [2.24, 2.45) is 0 Å². The summed E-state index contributed by atoms with van der Waals surface area (Å²) >= 11 is 1.50. The van der Waals surface area contributed by atoms with E-state index < -0.39 is 0 Å². The van der Waals surface area contributed by atoms with E-state index in [1.807, 2.05) is 45.0 Å². The van der Waals surface area contributed by atoms with Gasteiger partial charge in [0, 0.05) is 17.0 Å². The third kappa shape index (κ3) is 3.83. The minimum absolute atomic E-state index is 0.0293. The maximum atomic E-state index is 12.3. The summed E-state index contributed by atoms with van der Waals surface area (Å²) in [6.45, 7) is 8.11. The van der Waals surface area contributed by atoms with Crippen molar-refractivity contribution in [3.63, 3.8) is 0 Å². The molecule has 1 N–H and O–H groups in total. The summed E-state index contributed by atoms with van der Waals surface area (Å²) in [7, 11) is 0. The topological polar surface area (TPSA) is 46.2 Å². The van der Waals surface area contributed by atoms with Crippen molar-refractivity contribution in [1.82, 2.24) is 5.32 Å². The molecule has 1 heterocycles. The van der Waals surface area contributed by atoms with Crippen LogP contribution in [0.1, 0.15) is 48.5 Å². The van der Waals surface area contributed by atoms with Crippen LogP contribution in [0.4, 0.5) is 0 Å². The summed E-state index contributed by atoms with van der Waals surface area (Å²) in [5.41, 5.74) is 3.94. The molecule has 0 bridgehead atoms. The van der Waals surface area contributed by atoms with E-state index >= 15 is 0 Å². The number of hydrogen-bond acceptors (Lipinski definition) is 3. The van der Waals surface area contributed by atoms with Gasteiger partial charge >= 0.3 is 0 Å². The van der Waals surface area contributed by atoms with Gasteiger partial charge < -0.3 is 5.32 Å². The Hall–Kier alpha value is -1.94. The first-order chi connectivity index (χ1) is 10.4. The predicted octanol–water partition coefficient (Wildman–Crippen LogP) is 3.85. The maximum absolute atomic E-state index is 12.3. The number of rotatable bonds is 5. The third-order valence-corrected chi connectivity index (χ3v) is 4.82. The Bertz CT molecular complexity index is 693. The smallest absolute Gasteiger partial charge is 0.251 e. The molecule has 4 heteroatoms. The average Bonchev–Trinajstić information content (AvgIpc) is 2.86. The van der Waals surface area contributed by atoms with Crippen LogP contribution < -0.4 is 5.32 Å². The molecule has 0 fully saturated rings. The van der Waals surface area contributed by atoms with Gasteiger partial charge in [0.15, 0.2) is 5.78 Å². The number of aryl methyl sites for hydroxylation is 3. The van der Waals surface area contributed by atoms with Crippen molar-refractivity contribution in [3.8, 4) is 0 Å². The molecular formula is C18H21NO2S. The largest absolute Gasteiger partial charge is 0.352 e. The molecule has 0 unspecified atom stereocenters. The van der Waals surface area contributed by atoms with E-state index in [-0.39, 0.29) is 11.7 Å². The van der Waals surface area contributed by atoms with Gasteiger partial charge in [-0.05, 0) is 57.4 Å². The molecule has 22 heavy (non-hydrogen) atoms. The molecule has 1 aromatic carbocycles. The highest BCUT2D eigenvalue weighted by molar-refractivity contribution is 7.14. The summed E-state index contributed by atoms with van der Waals surface area (Å²) in [5, 5.41) is 2.97. The molecule has 0 radical (unpaired) electrons. The van der Waals surface area contributed by atoms with Crippen LogP contribution in [0.25, 0.3) is 0 Å². The van der Waals surface area contributed by atoms with Crippen molar-refractivity contribution in [1.29, 1.82) is 0 Å².